The number of hydrogen-bond acceptors (Lipinski definition) is 3. The van der Waals surface area contributed by atoms with Crippen molar-refractivity contribution in [1.29, 1.82) is 0 Å². The van der Waals surface area contributed by atoms with Crippen molar-refractivity contribution in [2.75, 3.05) is 0 Å². The maximum Gasteiger partial charge on any atom is 0.184 e. The molecule has 0 radical (unpaired) electrons. The Balaban J connectivity index is 1.59. The molecule has 41 heavy (non-hydrogen) atoms. The molecular weight excluding hydrogens is 500 g/mol. The normalized spacial score (nSPS) is 14.9. The predicted molar refractivity (Wildman–Crippen MR) is 166 cm³/mol. The van der Waals surface area contributed by atoms with E-state index in [0.717, 1.165) is 50.8 Å². The zero-order valence-electron chi connectivity index (χ0n) is 22.9. The van der Waals surface area contributed by atoms with Gasteiger partial charge in [-0.2, -0.15) is 0 Å². The second kappa shape index (κ2) is 10.5. The summed E-state index contributed by atoms with van der Waals surface area (Å²) in [6.07, 6.45) is 9.67. The Morgan fingerprint density at radius 3 is 2.07 bits per heavy atom. The minimum absolute atomic E-state index is 0.0809. The Kier molecular flexibility index (Phi) is 6.36. The van der Waals surface area contributed by atoms with Gasteiger partial charge in [0.15, 0.2) is 5.82 Å². The molecule has 1 heterocycles. The van der Waals surface area contributed by atoms with E-state index in [9.17, 15) is 0 Å². The van der Waals surface area contributed by atoms with Gasteiger partial charge in [0.2, 0.25) is 0 Å². The summed E-state index contributed by atoms with van der Waals surface area (Å²) in [6, 6.07) is 43.0. The Bertz CT molecular complexity index is 1830. The van der Waals surface area contributed by atoms with Crippen molar-refractivity contribution in [3.8, 4) is 22.5 Å². The second-order valence-corrected chi connectivity index (χ2v) is 10.6. The quantitative estimate of drug-likeness (QED) is 0.217. The highest BCUT2D eigenvalue weighted by Gasteiger charge is 2.46. The van der Waals surface area contributed by atoms with Crippen LogP contribution in [0.2, 0.25) is 0 Å². The Morgan fingerprint density at radius 1 is 0.707 bits per heavy atom. The van der Waals surface area contributed by atoms with Crippen LogP contribution in [0, 0.1) is 12.8 Å². The first kappa shape index (κ1) is 24.9. The number of fused-ring (bicyclic) bond motifs is 1. The molecular formula is C37H30N4. The molecule has 0 bridgehead atoms. The van der Waals surface area contributed by atoms with Crippen LogP contribution in [0.25, 0.3) is 33.3 Å². The lowest BCUT2D eigenvalue weighted by molar-refractivity contribution is 0.290. The van der Waals surface area contributed by atoms with Gasteiger partial charge in [-0.05, 0) is 56.8 Å². The van der Waals surface area contributed by atoms with Crippen molar-refractivity contribution in [2.45, 2.75) is 18.9 Å². The highest BCUT2D eigenvalue weighted by atomic mass is 15.6. The van der Waals surface area contributed by atoms with Crippen molar-refractivity contribution < 1.29 is 0 Å². The molecule has 1 unspecified atom stereocenters. The van der Waals surface area contributed by atoms with Crippen LogP contribution in [0.15, 0.2) is 146 Å². The third kappa shape index (κ3) is 4.20. The Morgan fingerprint density at radius 2 is 1.39 bits per heavy atom. The summed E-state index contributed by atoms with van der Waals surface area (Å²) in [5, 5.41) is 16.3. The highest BCUT2D eigenvalue weighted by molar-refractivity contribution is 6.02. The summed E-state index contributed by atoms with van der Waals surface area (Å²) in [5.74, 6) is 0.824. The van der Waals surface area contributed by atoms with Crippen LogP contribution in [0.4, 0.5) is 0 Å². The first-order chi connectivity index (χ1) is 20.3. The lowest BCUT2D eigenvalue weighted by atomic mass is 9.70. The zero-order chi connectivity index (χ0) is 27.6. The van der Waals surface area contributed by atoms with Gasteiger partial charge in [-0.25, -0.2) is 4.68 Å². The summed E-state index contributed by atoms with van der Waals surface area (Å²) >= 11 is 0. The van der Waals surface area contributed by atoms with Crippen molar-refractivity contribution in [3.05, 3.63) is 162 Å². The van der Waals surface area contributed by atoms with E-state index in [2.05, 4.69) is 162 Å². The lowest BCUT2D eigenvalue weighted by Gasteiger charge is -2.41. The minimum atomic E-state index is -0.690. The summed E-state index contributed by atoms with van der Waals surface area (Å²) in [6.45, 7) is 2.12. The Labute approximate surface area is 240 Å². The van der Waals surface area contributed by atoms with E-state index in [1.165, 1.54) is 5.56 Å². The summed E-state index contributed by atoms with van der Waals surface area (Å²) in [7, 11) is 0. The molecule has 1 aliphatic rings. The average Bonchev–Trinajstić information content (AvgIpc) is 3.53. The summed E-state index contributed by atoms with van der Waals surface area (Å²) in [4.78, 5) is 0. The third-order valence-electron chi connectivity index (χ3n) is 8.26. The molecule has 0 saturated carbocycles. The van der Waals surface area contributed by atoms with Crippen molar-refractivity contribution in [3.63, 3.8) is 0 Å². The van der Waals surface area contributed by atoms with Crippen LogP contribution < -0.4 is 0 Å². The molecule has 0 fully saturated rings. The van der Waals surface area contributed by atoms with Crippen LogP contribution in [-0.2, 0) is 5.54 Å². The summed E-state index contributed by atoms with van der Waals surface area (Å²) < 4.78 is 2.09. The molecule has 0 N–H and O–H groups in total. The Hall–Kier alpha value is -5.09. The standard InChI is InChI=1S/C37H30N4/c1-27-21-23-29(24-22-27)34-26-25-28-13-11-12-20-33(28)35(34)36-38-39-40-41(36)37(30-14-5-2-6-15-30,31-16-7-3-8-17-31)32-18-9-4-10-19-32/h2-18,20-26,32H,19H2,1H3. The smallest absolute Gasteiger partial charge is 0.184 e. The maximum atomic E-state index is 4.85. The summed E-state index contributed by atoms with van der Waals surface area (Å²) in [5.41, 5.74) is 6.09. The number of benzene rings is 5. The van der Waals surface area contributed by atoms with Gasteiger partial charge in [-0.1, -0.05) is 151 Å². The van der Waals surface area contributed by atoms with E-state index in [4.69, 9.17) is 10.3 Å². The molecule has 198 valence electrons. The van der Waals surface area contributed by atoms with Gasteiger partial charge in [0.25, 0.3) is 0 Å². The van der Waals surface area contributed by atoms with E-state index in [1.54, 1.807) is 0 Å². The molecule has 0 amide bonds. The number of aryl methyl sites for hydroxylation is 1. The van der Waals surface area contributed by atoms with Gasteiger partial charge >= 0.3 is 0 Å². The molecule has 1 aromatic heterocycles. The van der Waals surface area contributed by atoms with E-state index >= 15 is 0 Å². The average molecular weight is 531 g/mol. The van der Waals surface area contributed by atoms with Crippen molar-refractivity contribution >= 4 is 10.8 Å². The van der Waals surface area contributed by atoms with Gasteiger partial charge in [0.1, 0.15) is 5.54 Å². The maximum absolute atomic E-state index is 4.85. The van der Waals surface area contributed by atoms with E-state index in [-0.39, 0.29) is 5.92 Å². The molecule has 0 aliphatic heterocycles. The molecule has 4 heteroatoms. The lowest BCUT2D eigenvalue weighted by Crippen LogP contribution is -2.44. The molecule has 1 atom stereocenters. The number of hydrogen-bond donors (Lipinski definition) is 0. The first-order valence-corrected chi connectivity index (χ1v) is 14.1. The number of nitrogens with zero attached hydrogens (tertiary/aromatic N) is 4. The van der Waals surface area contributed by atoms with E-state index in [0.29, 0.717) is 0 Å². The number of aromatic nitrogens is 4. The SMILES string of the molecule is Cc1ccc(-c2ccc3ccccc3c2-c2nnnn2C(c2ccccc2)(c2ccccc2)C2C=CC=CC2)cc1. The van der Waals surface area contributed by atoms with Crippen LogP contribution >= 0.6 is 0 Å². The largest absolute Gasteiger partial charge is 0.209 e. The number of allylic oxidation sites excluding steroid dienone is 4. The van der Waals surface area contributed by atoms with E-state index < -0.39 is 5.54 Å². The van der Waals surface area contributed by atoms with Gasteiger partial charge < -0.3 is 0 Å². The third-order valence-corrected chi connectivity index (χ3v) is 8.26. The van der Waals surface area contributed by atoms with Crippen LogP contribution in [0.1, 0.15) is 23.1 Å². The molecule has 4 nitrogen and oxygen atoms in total. The molecule has 0 saturated heterocycles. The van der Waals surface area contributed by atoms with E-state index in [1.807, 2.05) is 0 Å². The van der Waals surface area contributed by atoms with Crippen LogP contribution in [0.5, 0.6) is 0 Å². The minimum Gasteiger partial charge on any atom is -0.209 e. The number of rotatable bonds is 6. The van der Waals surface area contributed by atoms with Gasteiger partial charge in [-0.15, -0.1) is 5.10 Å². The van der Waals surface area contributed by atoms with Crippen molar-refractivity contribution in [1.82, 2.24) is 20.2 Å². The van der Waals surface area contributed by atoms with Gasteiger partial charge in [-0.3, -0.25) is 0 Å². The molecule has 6 aromatic rings. The molecule has 7 rings (SSSR count). The number of tetrazole rings is 1. The monoisotopic (exact) mass is 530 g/mol. The first-order valence-electron chi connectivity index (χ1n) is 14.1. The second-order valence-electron chi connectivity index (χ2n) is 10.6. The van der Waals surface area contributed by atoms with Gasteiger partial charge in [0, 0.05) is 11.5 Å². The van der Waals surface area contributed by atoms with Crippen molar-refractivity contribution in [2.24, 2.45) is 5.92 Å². The fourth-order valence-corrected chi connectivity index (χ4v) is 6.34. The van der Waals surface area contributed by atoms with Crippen LogP contribution in [0.3, 0.4) is 0 Å². The molecule has 5 aromatic carbocycles. The predicted octanol–water partition coefficient (Wildman–Crippen LogP) is 8.39. The fraction of sp³-hybridized carbons (Fsp3) is 0.108. The van der Waals surface area contributed by atoms with Gasteiger partial charge in [0.05, 0.1) is 0 Å². The topological polar surface area (TPSA) is 43.6 Å². The van der Waals surface area contributed by atoms with Crippen LogP contribution in [-0.4, -0.2) is 20.2 Å². The molecule has 1 aliphatic carbocycles. The zero-order valence-corrected chi connectivity index (χ0v) is 22.9. The fourth-order valence-electron chi connectivity index (χ4n) is 6.34. The highest BCUT2D eigenvalue weighted by Crippen LogP contribution is 2.47. The molecule has 0 spiro atoms.